The second-order valence-electron chi connectivity index (χ2n) is 5.66. The fraction of sp³-hybridized carbons (Fsp3) is 0.929. The number of nitrogens with one attached hydrogen (secondary N) is 1. The fourth-order valence-corrected chi connectivity index (χ4v) is 3.24. The highest BCUT2D eigenvalue weighted by Crippen LogP contribution is 2.36. The molecule has 0 amide bonds. The Labute approximate surface area is 105 Å². The van der Waals surface area contributed by atoms with Crippen molar-refractivity contribution in [2.75, 3.05) is 13.6 Å². The van der Waals surface area contributed by atoms with Crippen LogP contribution in [0.4, 0.5) is 0 Å². The van der Waals surface area contributed by atoms with Crippen LogP contribution in [0, 0.1) is 11.3 Å². The third-order valence-corrected chi connectivity index (χ3v) is 4.38. The van der Waals surface area contributed by atoms with Crippen LogP contribution < -0.4 is 5.32 Å². The first-order valence-corrected chi connectivity index (χ1v) is 7.10. The second-order valence-corrected chi connectivity index (χ2v) is 5.66. The molecule has 0 aromatic rings. The van der Waals surface area contributed by atoms with Crippen molar-refractivity contribution in [3.63, 3.8) is 0 Å². The van der Waals surface area contributed by atoms with Gasteiger partial charge in [-0.3, -0.25) is 4.90 Å². The van der Waals surface area contributed by atoms with Crippen molar-refractivity contribution in [3.8, 4) is 6.07 Å². The zero-order chi connectivity index (χ0) is 12.3. The highest BCUT2D eigenvalue weighted by molar-refractivity contribution is 5.11. The molecule has 17 heavy (non-hydrogen) atoms. The summed E-state index contributed by atoms with van der Waals surface area (Å²) in [6.45, 7) is 3.47. The molecular formula is C14H25N3. The molecule has 0 bridgehead atoms. The van der Waals surface area contributed by atoms with E-state index in [0.717, 1.165) is 18.9 Å². The normalized spacial score (nSPS) is 33.6. The Morgan fingerprint density at radius 3 is 2.65 bits per heavy atom. The fourth-order valence-electron chi connectivity index (χ4n) is 3.24. The van der Waals surface area contributed by atoms with Gasteiger partial charge in [-0.2, -0.15) is 5.26 Å². The van der Waals surface area contributed by atoms with E-state index in [9.17, 15) is 5.26 Å². The number of nitriles is 1. The summed E-state index contributed by atoms with van der Waals surface area (Å²) in [7, 11) is 1.94. The third kappa shape index (κ3) is 2.81. The van der Waals surface area contributed by atoms with Crippen molar-refractivity contribution in [1.82, 2.24) is 10.2 Å². The van der Waals surface area contributed by atoms with Crippen molar-refractivity contribution >= 4 is 0 Å². The molecule has 2 unspecified atom stereocenters. The van der Waals surface area contributed by atoms with Gasteiger partial charge < -0.3 is 5.32 Å². The van der Waals surface area contributed by atoms with Crippen LogP contribution in [-0.4, -0.2) is 36.1 Å². The van der Waals surface area contributed by atoms with E-state index < -0.39 is 0 Å². The maximum Gasteiger partial charge on any atom is 0.108 e. The molecule has 96 valence electrons. The van der Waals surface area contributed by atoms with Crippen LogP contribution >= 0.6 is 0 Å². The maximum absolute atomic E-state index is 9.39. The lowest BCUT2D eigenvalue weighted by Crippen LogP contribution is -2.52. The summed E-state index contributed by atoms with van der Waals surface area (Å²) >= 11 is 0. The van der Waals surface area contributed by atoms with Crippen LogP contribution in [0.5, 0.6) is 0 Å². The molecule has 3 heteroatoms. The summed E-state index contributed by atoms with van der Waals surface area (Å²) in [5.41, 5.74) is -0.260. The van der Waals surface area contributed by atoms with Crippen LogP contribution in [0.15, 0.2) is 0 Å². The monoisotopic (exact) mass is 235 g/mol. The first-order chi connectivity index (χ1) is 8.24. The first kappa shape index (κ1) is 12.9. The van der Waals surface area contributed by atoms with E-state index in [4.69, 9.17) is 0 Å². The zero-order valence-corrected chi connectivity index (χ0v) is 11.2. The standard InChI is InChI=1S/C14H25N3/c1-3-9-17(12-6-7-12)13-5-4-8-14(10-13,11-15)16-2/h12-13,16H,3-10H2,1-2H3. The summed E-state index contributed by atoms with van der Waals surface area (Å²) in [6.07, 6.45) is 8.46. The molecule has 2 rings (SSSR count). The first-order valence-electron chi connectivity index (χ1n) is 7.10. The van der Waals surface area contributed by atoms with E-state index in [-0.39, 0.29) is 5.54 Å². The van der Waals surface area contributed by atoms with Gasteiger partial charge in [-0.25, -0.2) is 0 Å². The predicted octanol–water partition coefficient (Wildman–Crippen LogP) is 2.29. The highest BCUT2D eigenvalue weighted by atomic mass is 15.2. The Bertz CT molecular complexity index is 292. The number of hydrogen-bond acceptors (Lipinski definition) is 3. The molecule has 2 aliphatic carbocycles. The molecule has 0 saturated heterocycles. The molecule has 0 aromatic heterocycles. The summed E-state index contributed by atoms with van der Waals surface area (Å²) < 4.78 is 0. The number of hydrogen-bond donors (Lipinski definition) is 1. The lowest BCUT2D eigenvalue weighted by Gasteiger charge is -2.41. The maximum atomic E-state index is 9.39. The topological polar surface area (TPSA) is 39.1 Å². The van der Waals surface area contributed by atoms with Gasteiger partial charge in [0.2, 0.25) is 0 Å². The molecule has 0 aromatic carbocycles. The Morgan fingerprint density at radius 2 is 2.12 bits per heavy atom. The van der Waals surface area contributed by atoms with Gasteiger partial charge in [0, 0.05) is 12.1 Å². The van der Waals surface area contributed by atoms with Gasteiger partial charge in [-0.1, -0.05) is 6.92 Å². The minimum absolute atomic E-state index is 0.260. The van der Waals surface area contributed by atoms with Crippen molar-refractivity contribution in [2.45, 2.75) is 69.5 Å². The van der Waals surface area contributed by atoms with E-state index in [1.54, 1.807) is 0 Å². The SMILES string of the molecule is CCCN(C1CC1)C1CCCC(C#N)(NC)C1. The van der Waals surface area contributed by atoms with Gasteiger partial charge in [-0.05, 0) is 58.5 Å². The van der Waals surface area contributed by atoms with E-state index in [2.05, 4.69) is 23.2 Å². The van der Waals surface area contributed by atoms with Gasteiger partial charge in [-0.15, -0.1) is 0 Å². The van der Waals surface area contributed by atoms with Crippen molar-refractivity contribution in [3.05, 3.63) is 0 Å². The van der Waals surface area contributed by atoms with Crippen LogP contribution in [-0.2, 0) is 0 Å². The van der Waals surface area contributed by atoms with E-state index >= 15 is 0 Å². The molecule has 0 spiro atoms. The summed E-state index contributed by atoms with van der Waals surface area (Å²) in [6, 6.07) is 3.97. The Balaban J connectivity index is 2.02. The van der Waals surface area contributed by atoms with E-state index in [1.165, 1.54) is 38.6 Å². The summed E-state index contributed by atoms with van der Waals surface area (Å²) in [4.78, 5) is 2.68. The summed E-state index contributed by atoms with van der Waals surface area (Å²) in [5.74, 6) is 0. The molecular weight excluding hydrogens is 210 g/mol. The number of nitrogens with zero attached hydrogens (tertiary/aromatic N) is 2. The average Bonchev–Trinajstić information content (AvgIpc) is 3.20. The molecule has 2 saturated carbocycles. The van der Waals surface area contributed by atoms with E-state index in [1.807, 2.05) is 7.05 Å². The second kappa shape index (κ2) is 5.37. The molecule has 2 atom stereocenters. The molecule has 0 radical (unpaired) electrons. The molecule has 0 heterocycles. The zero-order valence-electron chi connectivity index (χ0n) is 11.2. The van der Waals surface area contributed by atoms with Crippen molar-refractivity contribution < 1.29 is 0 Å². The largest absolute Gasteiger partial charge is 0.302 e. The Hall–Kier alpha value is -0.590. The quantitative estimate of drug-likeness (QED) is 0.794. The Kier molecular flexibility index (Phi) is 4.06. The average molecular weight is 235 g/mol. The minimum Gasteiger partial charge on any atom is -0.302 e. The van der Waals surface area contributed by atoms with Gasteiger partial charge in [0.05, 0.1) is 6.07 Å². The smallest absolute Gasteiger partial charge is 0.108 e. The van der Waals surface area contributed by atoms with Gasteiger partial charge >= 0.3 is 0 Å². The molecule has 3 nitrogen and oxygen atoms in total. The minimum atomic E-state index is -0.260. The lowest BCUT2D eigenvalue weighted by atomic mass is 9.79. The highest BCUT2D eigenvalue weighted by Gasteiger charge is 2.41. The third-order valence-electron chi connectivity index (χ3n) is 4.38. The predicted molar refractivity (Wildman–Crippen MR) is 69.7 cm³/mol. The van der Waals surface area contributed by atoms with Gasteiger partial charge in [0.25, 0.3) is 0 Å². The number of rotatable bonds is 5. The molecule has 0 aliphatic heterocycles. The summed E-state index contributed by atoms with van der Waals surface area (Å²) in [5, 5.41) is 12.7. The van der Waals surface area contributed by atoms with Crippen LogP contribution in [0.1, 0.15) is 51.9 Å². The Morgan fingerprint density at radius 1 is 1.35 bits per heavy atom. The van der Waals surface area contributed by atoms with Crippen molar-refractivity contribution in [2.24, 2.45) is 0 Å². The molecule has 2 aliphatic rings. The lowest BCUT2D eigenvalue weighted by molar-refractivity contribution is 0.115. The van der Waals surface area contributed by atoms with Crippen LogP contribution in [0.2, 0.25) is 0 Å². The van der Waals surface area contributed by atoms with Crippen LogP contribution in [0.25, 0.3) is 0 Å². The molecule has 2 fully saturated rings. The molecule has 1 N–H and O–H groups in total. The van der Waals surface area contributed by atoms with E-state index in [0.29, 0.717) is 6.04 Å². The van der Waals surface area contributed by atoms with Gasteiger partial charge in [0.1, 0.15) is 5.54 Å². The van der Waals surface area contributed by atoms with Gasteiger partial charge in [0.15, 0.2) is 0 Å². The van der Waals surface area contributed by atoms with Crippen LogP contribution in [0.3, 0.4) is 0 Å². The van der Waals surface area contributed by atoms with Crippen molar-refractivity contribution in [1.29, 1.82) is 5.26 Å².